The minimum atomic E-state index is 0.238. The van der Waals surface area contributed by atoms with E-state index in [1.807, 2.05) is 11.8 Å². The molecule has 0 aromatic rings. The average molecular weight is 272 g/mol. The average Bonchev–Trinajstić information content (AvgIpc) is 2.38. The topological polar surface area (TPSA) is 41.1 Å². The van der Waals surface area contributed by atoms with Gasteiger partial charge < -0.3 is 10.6 Å². The first-order chi connectivity index (χ1) is 8.72. The van der Waals surface area contributed by atoms with Gasteiger partial charge in [-0.2, -0.15) is 11.8 Å². The Kier molecular flexibility index (Phi) is 8.51. The van der Waals surface area contributed by atoms with Crippen LogP contribution < -0.4 is 10.6 Å². The van der Waals surface area contributed by atoms with E-state index in [1.54, 1.807) is 0 Å². The van der Waals surface area contributed by atoms with Crippen molar-refractivity contribution in [2.24, 2.45) is 5.92 Å². The van der Waals surface area contributed by atoms with Gasteiger partial charge >= 0.3 is 0 Å². The van der Waals surface area contributed by atoms with Gasteiger partial charge in [-0.15, -0.1) is 0 Å². The van der Waals surface area contributed by atoms with Crippen LogP contribution in [0, 0.1) is 5.92 Å². The van der Waals surface area contributed by atoms with E-state index in [0.717, 1.165) is 43.4 Å². The van der Waals surface area contributed by atoms with Gasteiger partial charge in [0.1, 0.15) is 0 Å². The third-order valence-corrected chi connectivity index (χ3v) is 4.48. The van der Waals surface area contributed by atoms with E-state index in [4.69, 9.17) is 0 Å². The zero-order valence-electron chi connectivity index (χ0n) is 11.8. The number of amides is 1. The molecule has 0 bridgehead atoms. The molecule has 1 aliphatic rings. The molecule has 3 nitrogen and oxygen atoms in total. The lowest BCUT2D eigenvalue weighted by molar-refractivity contribution is -0.122. The van der Waals surface area contributed by atoms with Crippen LogP contribution in [0.3, 0.4) is 0 Å². The molecule has 0 aromatic heterocycles. The SMILES string of the molecule is CCSCCC(C)NC(=O)CCC1CCNCC1. The predicted molar refractivity (Wildman–Crippen MR) is 80.0 cm³/mol. The van der Waals surface area contributed by atoms with Gasteiger partial charge in [0, 0.05) is 12.5 Å². The van der Waals surface area contributed by atoms with E-state index < -0.39 is 0 Å². The maximum absolute atomic E-state index is 11.8. The normalized spacial score (nSPS) is 18.6. The van der Waals surface area contributed by atoms with Crippen molar-refractivity contribution < 1.29 is 4.79 Å². The lowest BCUT2D eigenvalue weighted by Gasteiger charge is -2.22. The van der Waals surface area contributed by atoms with Gasteiger partial charge in [0.25, 0.3) is 0 Å². The molecule has 1 amide bonds. The van der Waals surface area contributed by atoms with Gasteiger partial charge in [0.05, 0.1) is 0 Å². The number of hydrogen-bond acceptors (Lipinski definition) is 3. The molecule has 0 aromatic carbocycles. The third kappa shape index (κ3) is 7.27. The summed E-state index contributed by atoms with van der Waals surface area (Å²) in [5.74, 6) is 3.30. The smallest absolute Gasteiger partial charge is 0.220 e. The van der Waals surface area contributed by atoms with E-state index >= 15 is 0 Å². The standard InChI is InChI=1S/C14H28N2OS/c1-3-18-11-8-12(2)16-14(17)5-4-13-6-9-15-10-7-13/h12-13,15H,3-11H2,1-2H3,(H,16,17). The van der Waals surface area contributed by atoms with Gasteiger partial charge in [-0.1, -0.05) is 6.92 Å². The highest BCUT2D eigenvalue weighted by Gasteiger charge is 2.15. The van der Waals surface area contributed by atoms with Crippen LogP contribution >= 0.6 is 11.8 Å². The van der Waals surface area contributed by atoms with Crippen molar-refractivity contribution in [1.29, 1.82) is 0 Å². The van der Waals surface area contributed by atoms with Gasteiger partial charge in [-0.25, -0.2) is 0 Å². The summed E-state index contributed by atoms with van der Waals surface area (Å²) in [6.07, 6.45) is 5.31. The Morgan fingerprint density at radius 3 is 2.83 bits per heavy atom. The molecule has 1 saturated heterocycles. The van der Waals surface area contributed by atoms with E-state index in [1.165, 1.54) is 12.8 Å². The van der Waals surface area contributed by atoms with Crippen molar-refractivity contribution in [1.82, 2.24) is 10.6 Å². The van der Waals surface area contributed by atoms with Crippen molar-refractivity contribution in [3.05, 3.63) is 0 Å². The van der Waals surface area contributed by atoms with Gasteiger partial charge in [0.15, 0.2) is 0 Å². The highest BCUT2D eigenvalue weighted by atomic mass is 32.2. The first-order valence-electron chi connectivity index (χ1n) is 7.30. The second kappa shape index (κ2) is 9.68. The van der Waals surface area contributed by atoms with Crippen molar-refractivity contribution >= 4 is 17.7 Å². The van der Waals surface area contributed by atoms with Crippen molar-refractivity contribution in [3.63, 3.8) is 0 Å². The lowest BCUT2D eigenvalue weighted by Crippen LogP contribution is -2.34. The molecule has 1 aliphatic heterocycles. The van der Waals surface area contributed by atoms with Crippen LogP contribution in [0.5, 0.6) is 0 Å². The van der Waals surface area contributed by atoms with E-state index in [-0.39, 0.29) is 5.91 Å². The number of rotatable bonds is 8. The fourth-order valence-electron chi connectivity index (χ4n) is 2.33. The summed E-state index contributed by atoms with van der Waals surface area (Å²) in [5, 5.41) is 6.47. The molecule has 2 N–H and O–H groups in total. The van der Waals surface area contributed by atoms with Crippen molar-refractivity contribution in [3.8, 4) is 0 Å². The number of carbonyl (C=O) groups excluding carboxylic acids is 1. The molecule has 1 heterocycles. The molecule has 0 spiro atoms. The molecular weight excluding hydrogens is 244 g/mol. The Morgan fingerprint density at radius 2 is 2.17 bits per heavy atom. The number of thioether (sulfide) groups is 1. The summed E-state index contributed by atoms with van der Waals surface area (Å²) in [6.45, 7) is 6.53. The summed E-state index contributed by atoms with van der Waals surface area (Å²) in [7, 11) is 0. The van der Waals surface area contributed by atoms with Gasteiger partial charge in [0.2, 0.25) is 5.91 Å². The minimum absolute atomic E-state index is 0.238. The Labute approximate surface area is 116 Å². The second-order valence-electron chi connectivity index (χ2n) is 5.19. The number of piperidine rings is 1. The molecule has 4 heteroatoms. The molecular formula is C14H28N2OS. The second-order valence-corrected chi connectivity index (χ2v) is 6.58. The van der Waals surface area contributed by atoms with E-state index in [2.05, 4.69) is 24.5 Å². The number of carbonyl (C=O) groups is 1. The van der Waals surface area contributed by atoms with Crippen molar-refractivity contribution in [2.75, 3.05) is 24.6 Å². The molecule has 1 unspecified atom stereocenters. The zero-order valence-corrected chi connectivity index (χ0v) is 12.7. The first-order valence-corrected chi connectivity index (χ1v) is 8.45. The lowest BCUT2D eigenvalue weighted by atomic mass is 9.93. The van der Waals surface area contributed by atoms with E-state index in [9.17, 15) is 4.79 Å². The van der Waals surface area contributed by atoms with Crippen molar-refractivity contribution in [2.45, 2.75) is 52.0 Å². The molecule has 106 valence electrons. The fraction of sp³-hybridized carbons (Fsp3) is 0.929. The quantitative estimate of drug-likeness (QED) is 0.667. The zero-order chi connectivity index (χ0) is 13.2. The Balaban J connectivity index is 2.05. The maximum Gasteiger partial charge on any atom is 0.220 e. The Hall–Kier alpha value is -0.220. The third-order valence-electron chi connectivity index (χ3n) is 3.55. The Bertz CT molecular complexity index is 230. The van der Waals surface area contributed by atoms with Crippen LogP contribution in [0.4, 0.5) is 0 Å². The van der Waals surface area contributed by atoms with Gasteiger partial charge in [-0.3, -0.25) is 4.79 Å². The molecule has 1 fully saturated rings. The molecule has 0 saturated carbocycles. The maximum atomic E-state index is 11.8. The molecule has 0 aliphatic carbocycles. The molecule has 0 radical (unpaired) electrons. The van der Waals surface area contributed by atoms with Crippen LogP contribution in [0.1, 0.15) is 46.0 Å². The first kappa shape index (κ1) is 15.8. The van der Waals surface area contributed by atoms with Crippen LogP contribution in [-0.2, 0) is 4.79 Å². The van der Waals surface area contributed by atoms with Crippen LogP contribution in [-0.4, -0.2) is 36.5 Å². The summed E-state index contributed by atoms with van der Waals surface area (Å²) < 4.78 is 0. The van der Waals surface area contributed by atoms with E-state index in [0.29, 0.717) is 12.5 Å². The monoisotopic (exact) mass is 272 g/mol. The summed E-state index contributed by atoms with van der Waals surface area (Å²) in [5.41, 5.74) is 0. The van der Waals surface area contributed by atoms with Crippen LogP contribution in [0.2, 0.25) is 0 Å². The highest BCUT2D eigenvalue weighted by Crippen LogP contribution is 2.17. The summed E-state index contributed by atoms with van der Waals surface area (Å²) in [6, 6.07) is 0.324. The molecule has 1 atom stereocenters. The fourth-order valence-corrected chi connectivity index (χ4v) is 3.14. The summed E-state index contributed by atoms with van der Waals surface area (Å²) >= 11 is 1.94. The van der Waals surface area contributed by atoms with Gasteiger partial charge in [-0.05, 0) is 63.1 Å². The van der Waals surface area contributed by atoms with Crippen LogP contribution in [0.15, 0.2) is 0 Å². The number of nitrogens with one attached hydrogen (secondary N) is 2. The highest BCUT2D eigenvalue weighted by molar-refractivity contribution is 7.99. The molecule has 1 rings (SSSR count). The Morgan fingerprint density at radius 1 is 1.44 bits per heavy atom. The molecule has 18 heavy (non-hydrogen) atoms. The summed E-state index contributed by atoms with van der Waals surface area (Å²) in [4.78, 5) is 11.8. The largest absolute Gasteiger partial charge is 0.354 e. The minimum Gasteiger partial charge on any atom is -0.354 e. The number of hydrogen-bond donors (Lipinski definition) is 2. The van der Waals surface area contributed by atoms with Crippen LogP contribution in [0.25, 0.3) is 0 Å². The predicted octanol–water partition coefficient (Wildman–Crippen LogP) is 2.41.